The number of benzene rings is 3. The third-order valence-corrected chi connectivity index (χ3v) is 5.50. The van der Waals surface area contributed by atoms with Gasteiger partial charge in [0.05, 0.1) is 48.3 Å². The molecule has 0 spiro atoms. The minimum absolute atomic E-state index is 0.300. The highest BCUT2D eigenvalue weighted by molar-refractivity contribution is 6.03. The van der Waals surface area contributed by atoms with E-state index < -0.39 is 0 Å². The van der Waals surface area contributed by atoms with Gasteiger partial charge in [0.1, 0.15) is 5.75 Å². The van der Waals surface area contributed by atoms with Crippen molar-refractivity contribution < 1.29 is 33.2 Å². The van der Waals surface area contributed by atoms with Crippen molar-refractivity contribution in [2.45, 2.75) is 0 Å². The largest absolute Gasteiger partial charge is 0.497 e. The molecule has 1 amide bonds. The van der Waals surface area contributed by atoms with Crippen LogP contribution < -0.4 is 33.7 Å². The van der Waals surface area contributed by atoms with Crippen LogP contribution in [0.2, 0.25) is 0 Å². The molecule has 0 aliphatic rings. The Morgan fingerprint density at radius 2 is 1.27 bits per heavy atom. The van der Waals surface area contributed by atoms with Crippen molar-refractivity contribution in [3.8, 4) is 34.5 Å². The maximum absolute atomic E-state index is 12.8. The molecule has 0 fully saturated rings. The highest BCUT2D eigenvalue weighted by Gasteiger charge is 2.12. The Kier molecular flexibility index (Phi) is 9.43. The van der Waals surface area contributed by atoms with E-state index in [1.165, 1.54) is 6.08 Å². The number of ether oxygens (including phenoxy) is 6. The smallest absolute Gasteiger partial charge is 0.248 e. The second-order valence-electron chi connectivity index (χ2n) is 7.68. The van der Waals surface area contributed by atoms with Crippen LogP contribution in [-0.2, 0) is 4.79 Å². The zero-order valence-electron chi connectivity index (χ0n) is 21.8. The average molecular weight is 506 g/mol. The van der Waals surface area contributed by atoms with Crippen LogP contribution in [0.1, 0.15) is 16.7 Å². The van der Waals surface area contributed by atoms with E-state index in [0.717, 1.165) is 16.7 Å². The third kappa shape index (κ3) is 6.76. The van der Waals surface area contributed by atoms with Gasteiger partial charge >= 0.3 is 0 Å². The first-order valence-electron chi connectivity index (χ1n) is 11.3. The van der Waals surface area contributed by atoms with E-state index in [1.54, 1.807) is 66.9 Å². The van der Waals surface area contributed by atoms with Crippen molar-refractivity contribution >= 4 is 29.8 Å². The van der Waals surface area contributed by atoms with Crippen molar-refractivity contribution in [3.63, 3.8) is 0 Å². The number of rotatable bonds is 11. The molecule has 3 rings (SSSR count). The van der Waals surface area contributed by atoms with Gasteiger partial charge in [-0.25, -0.2) is 0 Å². The molecule has 194 valence electrons. The molecule has 3 aromatic carbocycles. The molecule has 0 bridgehead atoms. The first-order valence-corrected chi connectivity index (χ1v) is 11.3. The van der Waals surface area contributed by atoms with Gasteiger partial charge in [-0.3, -0.25) is 4.79 Å². The second kappa shape index (κ2) is 12.9. The molecular formula is C29H31NO7. The normalized spacial score (nSPS) is 10.9. The van der Waals surface area contributed by atoms with Crippen LogP contribution in [0.25, 0.3) is 18.2 Å². The second-order valence-corrected chi connectivity index (χ2v) is 7.68. The molecule has 0 aliphatic carbocycles. The fourth-order valence-corrected chi connectivity index (χ4v) is 3.60. The first-order chi connectivity index (χ1) is 18.0. The summed E-state index contributed by atoms with van der Waals surface area (Å²) in [7, 11) is 9.40. The summed E-state index contributed by atoms with van der Waals surface area (Å²) in [6.45, 7) is 0. The number of hydrogen-bond acceptors (Lipinski definition) is 7. The van der Waals surface area contributed by atoms with Crippen LogP contribution in [0.4, 0.5) is 5.69 Å². The van der Waals surface area contributed by atoms with E-state index in [4.69, 9.17) is 28.4 Å². The van der Waals surface area contributed by atoms with E-state index in [2.05, 4.69) is 5.32 Å². The zero-order chi connectivity index (χ0) is 26.8. The maximum Gasteiger partial charge on any atom is 0.248 e. The number of hydrogen-bond donors (Lipinski definition) is 1. The van der Waals surface area contributed by atoms with Gasteiger partial charge in [-0.2, -0.15) is 0 Å². The summed E-state index contributed by atoms with van der Waals surface area (Å²) in [4.78, 5) is 12.8. The lowest BCUT2D eigenvalue weighted by Gasteiger charge is -2.13. The molecular weight excluding hydrogens is 474 g/mol. The Morgan fingerprint density at radius 3 is 1.86 bits per heavy atom. The molecule has 1 N–H and O–H groups in total. The van der Waals surface area contributed by atoms with Crippen LogP contribution >= 0.6 is 0 Å². The Hall–Kier alpha value is -4.59. The predicted octanol–water partition coefficient (Wildman–Crippen LogP) is 5.56. The Labute approximate surface area is 217 Å². The van der Waals surface area contributed by atoms with Gasteiger partial charge in [0.2, 0.25) is 11.7 Å². The molecule has 8 nitrogen and oxygen atoms in total. The molecule has 8 heteroatoms. The number of carbonyl (C=O) groups is 1. The summed E-state index contributed by atoms with van der Waals surface area (Å²) < 4.78 is 32.2. The summed E-state index contributed by atoms with van der Waals surface area (Å²) in [6, 6.07) is 14.5. The van der Waals surface area contributed by atoms with Gasteiger partial charge in [0.25, 0.3) is 0 Å². The number of amides is 1. The van der Waals surface area contributed by atoms with Crippen LogP contribution in [-0.4, -0.2) is 48.6 Å². The molecule has 0 radical (unpaired) electrons. The van der Waals surface area contributed by atoms with Crippen LogP contribution in [0.3, 0.4) is 0 Å². The minimum atomic E-state index is -0.300. The summed E-state index contributed by atoms with van der Waals surface area (Å²) in [5, 5.41) is 2.92. The number of nitrogens with one attached hydrogen (secondary N) is 1. The third-order valence-electron chi connectivity index (χ3n) is 5.50. The van der Waals surface area contributed by atoms with Crippen molar-refractivity contribution in [1.29, 1.82) is 0 Å². The lowest BCUT2D eigenvalue weighted by Crippen LogP contribution is -2.09. The standard InChI is InChI=1S/C29H31NO7/c1-32-22-12-11-21(10-7-20-16-26(35-4)29(37-6)27(17-20)36-5)23(18-22)30-28(31)14-9-19-8-13-24(33-2)25(15-19)34-3/h7-18H,1-6H3,(H,30,31)/b10-7+,14-9+. The predicted molar refractivity (Wildman–Crippen MR) is 145 cm³/mol. The van der Waals surface area contributed by atoms with E-state index >= 15 is 0 Å². The van der Waals surface area contributed by atoms with E-state index in [0.29, 0.717) is 40.2 Å². The molecule has 3 aromatic rings. The quantitative estimate of drug-likeness (QED) is 0.270. The molecule has 37 heavy (non-hydrogen) atoms. The monoisotopic (exact) mass is 505 g/mol. The van der Waals surface area contributed by atoms with Crippen LogP contribution in [0.15, 0.2) is 54.6 Å². The van der Waals surface area contributed by atoms with Crippen molar-refractivity contribution in [2.75, 3.05) is 48.0 Å². The SMILES string of the molecule is COc1ccc(/C=C/c2cc(OC)c(OC)c(OC)c2)c(NC(=O)/C=C/c2ccc(OC)c(OC)c2)c1. The van der Waals surface area contributed by atoms with E-state index in [9.17, 15) is 4.79 Å². The van der Waals surface area contributed by atoms with Crippen LogP contribution in [0.5, 0.6) is 34.5 Å². The number of carbonyl (C=O) groups excluding carboxylic acids is 1. The van der Waals surface area contributed by atoms with Gasteiger partial charge in [-0.1, -0.05) is 18.2 Å². The molecule has 0 aliphatic heterocycles. The average Bonchev–Trinajstić information content (AvgIpc) is 2.94. The molecule has 0 heterocycles. The molecule has 0 aromatic heterocycles. The fourth-order valence-electron chi connectivity index (χ4n) is 3.60. The van der Waals surface area contributed by atoms with E-state index in [1.807, 2.05) is 42.5 Å². The molecule has 0 atom stereocenters. The van der Waals surface area contributed by atoms with Gasteiger partial charge in [0, 0.05) is 12.1 Å². The Bertz CT molecular complexity index is 1270. The van der Waals surface area contributed by atoms with Crippen molar-refractivity contribution in [3.05, 3.63) is 71.3 Å². The highest BCUT2D eigenvalue weighted by atomic mass is 16.5. The highest BCUT2D eigenvalue weighted by Crippen LogP contribution is 2.39. The van der Waals surface area contributed by atoms with Gasteiger partial charge in [-0.15, -0.1) is 0 Å². The van der Waals surface area contributed by atoms with Gasteiger partial charge in [0.15, 0.2) is 23.0 Å². The molecule has 0 saturated heterocycles. The first kappa shape index (κ1) is 27.0. The van der Waals surface area contributed by atoms with Gasteiger partial charge < -0.3 is 33.7 Å². The summed E-state index contributed by atoms with van der Waals surface area (Å²) >= 11 is 0. The van der Waals surface area contributed by atoms with Crippen LogP contribution in [0, 0.1) is 0 Å². The van der Waals surface area contributed by atoms with Crippen molar-refractivity contribution in [2.24, 2.45) is 0 Å². The summed E-state index contributed by atoms with van der Waals surface area (Å²) in [6.07, 6.45) is 6.92. The molecule has 0 saturated carbocycles. The lowest BCUT2D eigenvalue weighted by atomic mass is 10.1. The number of methoxy groups -OCH3 is 6. The summed E-state index contributed by atoms with van der Waals surface area (Å²) in [5.74, 6) is 3.12. The van der Waals surface area contributed by atoms with Gasteiger partial charge in [-0.05, 0) is 59.2 Å². The molecule has 0 unspecified atom stereocenters. The van der Waals surface area contributed by atoms with Crippen molar-refractivity contribution in [1.82, 2.24) is 0 Å². The Morgan fingerprint density at radius 1 is 0.622 bits per heavy atom. The zero-order valence-corrected chi connectivity index (χ0v) is 21.8. The lowest BCUT2D eigenvalue weighted by molar-refractivity contribution is -0.111. The minimum Gasteiger partial charge on any atom is -0.497 e. The number of anilines is 1. The van der Waals surface area contributed by atoms with E-state index in [-0.39, 0.29) is 5.91 Å². The Balaban J connectivity index is 1.85. The summed E-state index contributed by atoms with van der Waals surface area (Å²) in [5.41, 5.74) is 2.99. The topological polar surface area (TPSA) is 84.5 Å². The maximum atomic E-state index is 12.8. The fraction of sp³-hybridized carbons (Fsp3) is 0.207.